The Labute approximate surface area is 94.7 Å². The van der Waals surface area contributed by atoms with Gasteiger partial charge in [-0.05, 0) is 18.8 Å². The lowest BCUT2D eigenvalue weighted by Gasteiger charge is -2.26. The first-order valence-corrected chi connectivity index (χ1v) is 6.37. The van der Waals surface area contributed by atoms with Crippen LogP contribution in [0.5, 0.6) is 0 Å². The lowest BCUT2D eigenvalue weighted by molar-refractivity contribution is 0.00584. The molecule has 1 aromatic heterocycles. The van der Waals surface area contributed by atoms with Gasteiger partial charge >= 0.3 is 0 Å². The number of nitrogen functional groups attached to an aromatic ring is 1. The molecule has 0 aliphatic heterocycles. The lowest BCUT2D eigenvalue weighted by Crippen LogP contribution is -2.21. The third kappa shape index (κ3) is 3.18. The third-order valence-electron chi connectivity index (χ3n) is 2.92. The maximum Gasteiger partial charge on any atom is 0.180 e. The van der Waals surface area contributed by atoms with E-state index in [9.17, 15) is 0 Å². The molecule has 1 saturated carbocycles. The van der Waals surface area contributed by atoms with Gasteiger partial charge in [0.25, 0.3) is 0 Å². The fraction of sp³-hybridized carbons (Fsp3) is 0.727. The highest BCUT2D eigenvalue weighted by molar-refractivity contribution is 7.15. The van der Waals surface area contributed by atoms with E-state index in [0.29, 0.717) is 17.8 Å². The summed E-state index contributed by atoms with van der Waals surface area (Å²) in [6.45, 7) is 2.98. The lowest BCUT2D eigenvalue weighted by atomic mass is 9.89. The number of aromatic nitrogens is 1. The van der Waals surface area contributed by atoms with Crippen LogP contribution in [-0.2, 0) is 11.3 Å². The SMILES string of the molecule is CC1CCCC(OCc2cnc(N)s2)C1. The van der Waals surface area contributed by atoms with Crippen molar-refractivity contribution in [3.8, 4) is 0 Å². The number of nitrogens with zero attached hydrogens (tertiary/aromatic N) is 1. The molecule has 1 aromatic rings. The van der Waals surface area contributed by atoms with Gasteiger partial charge in [0.1, 0.15) is 0 Å². The highest BCUT2D eigenvalue weighted by Crippen LogP contribution is 2.27. The summed E-state index contributed by atoms with van der Waals surface area (Å²) in [5, 5.41) is 0.630. The molecule has 4 heteroatoms. The van der Waals surface area contributed by atoms with E-state index in [-0.39, 0.29) is 0 Å². The molecular weight excluding hydrogens is 208 g/mol. The second kappa shape index (κ2) is 4.94. The Balaban J connectivity index is 1.77. The first-order valence-electron chi connectivity index (χ1n) is 5.56. The Morgan fingerprint density at radius 1 is 1.60 bits per heavy atom. The van der Waals surface area contributed by atoms with Crippen molar-refractivity contribution in [3.05, 3.63) is 11.1 Å². The number of thiazole rings is 1. The average Bonchev–Trinajstić information content (AvgIpc) is 2.62. The van der Waals surface area contributed by atoms with Crippen molar-refractivity contribution in [2.24, 2.45) is 5.92 Å². The third-order valence-corrected chi connectivity index (χ3v) is 3.72. The van der Waals surface area contributed by atoms with Gasteiger partial charge in [0.15, 0.2) is 5.13 Å². The Hall–Kier alpha value is -0.610. The van der Waals surface area contributed by atoms with Crippen LogP contribution in [0.2, 0.25) is 0 Å². The maximum atomic E-state index is 5.87. The van der Waals surface area contributed by atoms with Crippen LogP contribution in [0.1, 0.15) is 37.5 Å². The molecule has 0 bridgehead atoms. The van der Waals surface area contributed by atoms with Crippen molar-refractivity contribution in [1.29, 1.82) is 0 Å². The van der Waals surface area contributed by atoms with Crippen molar-refractivity contribution >= 4 is 16.5 Å². The molecule has 0 saturated heterocycles. The first kappa shape index (κ1) is 10.9. The van der Waals surface area contributed by atoms with Gasteiger partial charge in [0, 0.05) is 6.20 Å². The van der Waals surface area contributed by atoms with Crippen LogP contribution in [0.3, 0.4) is 0 Å². The minimum absolute atomic E-state index is 0.442. The van der Waals surface area contributed by atoms with Gasteiger partial charge in [-0.15, -0.1) is 0 Å². The van der Waals surface area contributed by atoms with Crippen molar-refractivity contribution in [2.75, 3.05) is 5.73 Å². The number of rotatable bonds is 3. The van der Waals surface area contributed by atoms with Crippen LogP contribution in [-0.4, -0.2) is 11.1 Å². The normalized spacial score (nSPS) is 26.7. The topological polar surface area (TPSA) is 48.1 Å². The summed E-state index contributed by atoms with van der Waals surface area (Å²) >= 11 is 1.52. The molecule has 0 aromatic carbocycles. The van der Waals surface area contributed by atoms with E-state index in [1.807, 2.05) is 6.20 Å². The van der Waals surface area contributed by atoms with Crippen LogP contribution < -0.4 is 5.73 Å². The van der Waals surface area contributed by atoms with E-state index < -0.39 is 0 Å². The van der Waals surface area contributed by atoms with E-state index in [0.717, 1.165) is 10.8 Å². The number of ether oxygens (including phenoxy) is 1. The van der Waals surface area contributed by atoms with Crippen molar-refractivity contribution < 1.29 is 4.74 Å². The second-order valence-electron chi connectivity index (χ2n) is 4.37. The summed E-state index contributed by atoms with van der Waals surface area (Å²) in [5.41, 5.74) is 5.56. The zero-order valence-corrected chi connectivity index (χ0v) is 9.93. The zero-order chi connectivity index (χ0) is 10.7. The summed E-state index contributed by atoms with van der Waals surface area (Å²) in [5.74, 6) is 0.815. The molecule has 2 unspecified atom stereocenters. The maximum absolute atomic E-state index is 5.87. The van der Waals surface area contributed by atoms with Crippen molar-refractivity contribution in [1.82, 2.24) is 4.98 Å². The van der Waals surface area contributed by atoms with Crippen LogP contribution in [0.4, 0.5) is 5.13 Å². The van der Waals surface area contributed by atoms with Crippen molar-refractivity contribution in [2.45, 2.75) is 45.3 Å². The number of nitrogens with two attached hydrogens (primary N) is 1. The largest absolute Gasteiger partial charge is 0.375 e. The van der Waals surface area contributed by atoms with Gasteiger partial charge < -0.3 is 10.5 Å². The number of anilines is 1. The smallest absolute Gasteiger partial charge is 0.180 e. The molecule has 1 heterocycles. The van der Waals surface area contributed by atoms with Gasteiger partial charge in [0.2, 0.25) is 0 Å². The monoisotopic (exact) mass is 226 g/mol. The standard InChI is InChI=1S/C11H18N2OS/c1-8-3-2-4-9(5-8)14-7-10-6-13-11(12)15-10/h6,8-9H,2-5,7H2,1H3,(H2,12,13). The summed E-state index contributed by atoms with van der Waals surface area (Å²) in [4.78, 5) is 5.14. The highest BCUT2D eigenvalue weighted by atomic mass is 32.1. The summed E-state index contributed by atoms with van der Waals surface area (Å²) in [6.07, 6.45) is 7.32. The fourth-order valence-corrected chi connectivity index (χ4v) is 2.73. The van der Waals surface area contributed by atoms with E-state index in [1.165, 1.54) is 37.0 Å². The average molecular weight is 226 g/mol. The van der Waals surface area contributed by atoms with E-state index >= 15 is 0 Å². The van der Waals surface area contributed by atoms with E-state index in [4.69, 9.17) is 10.5 Å². The predicted molar refractivity (Wildman–Crippen MR) is 62.7 cm³/mol. The molecule has 2 rings (SSSR count). The molecule has 0 amide bonds. The Bertz CT molecular complexity index is 313. The molecular formula is C11H18N2OS. The molecule has 2 N–H and O–H groups in total. The summed E-state index contributed by atoms with van der Waals surface area (Å²) in [7, 11) is 0. The van der Waals surface area contributed by atoms with Crippen molar-refractivity contribution in [3.63, 3.8) is 0 Å². The number of hydrogen-bond acceptors (Lipinski definition) is 4. The summed E-state index contributed by atoms with van der Waals surface area (Å²) in [6, 6.07) is 0. The van der Waals surface area contributed by atoms with Gasteiger partial charge in [-0.25, -0.2) is 4.98 Å². The summed E-state index contributed by atoms with van der Waals surface area (Å²) < 4.78 is 5.87. The van der Waals surface area contributed by atoms with Gasteiger partial charge in [-0.3, -0.25) is 0 Å². The predicted octanol–water partition coefficient (Wildman–Crippen LogP) is 2.82. The van der Waals surface area contributed by atoms with Gasteiger partial charge in [-0.2, -0.15) is 0 Å². The molecule has 2 atom stereocenters. The van der Waals surface area contributed by atoms with Crippen LogP contribution in [0.25, 0.3) is 0 Å². The molecule has 0 spiro atoms. The minimum Gasteiger partial charge on any atom is -0.375 e. The van der Waals surface area contributed by atoms with E-state index in [2.05, 4.69) is 11.9 Å². The molecule has 1 fully saturated rings. The van der Waals surface area contributed by atoms with E-state index in [1.54, 1.807) is 0 Å². The molecule has 0 radical (unpaired) electrons. The minimum atomic E-state index is 0.442. The Kier molecular flexibility index (Phi) is 3.59. The molecule has 3 nitrogen and oxygen atoms in total. The molecule has 1 aliphatic rings. The highest BCUT2D eigenvalue weighted by Gasteiger charge is 2.19. The van der Waals surface area contributed by atoms with Gasteiger partial charge in [-0.1, -0.05) is 31.1 Å². The second-order valence-corrected chi connectivity index (χ2v) is 5.52. The molecule has 1 aliphatic carbocycles. The van der Waals surface area contributed by atoms with Crippen LogP contribution in [0, 0.1) is 5.92 Å². The quantitative estimate of drug-likeness (QED) is 0.862. The van der Waals surface area contributed by atoms with Crippen LogP contribution in [0.15, 0.2) is 6.20 Å². The Morgan fingerprint density at radius 2 is 2.47 bits per heavy atom. The molecule has 84 valence electrons. The fourth-order valence-electron chi connectivity index (χ4n) is 2.12. The zero-order valence-electron chi connectivity index (χ0n) is 9.11. The number of hydrogen-bond donors (Lipinski definition) is 1. The van der Waals surface area contributed by atoms with Gasteiger partial charge in [0.05, 0.1) is 17.6 Å². The first-order chi connectivity index (χ1) is 7.24. The van der Waals surface area contributed by atoms with Crippen LogP contribution >= 0.6 is 11.3 Å². The Morgan fingerprint density at radius 3 is 3.13 bits per heavy atom. The molecule has 15 heavy (non-hydrogen) atoms.